The lowest BCUT2D eigenvalue weighted by Gasteiger charge is -2.39. The molecule has 0 aliphatic carbocycles. The first-order valence-electron chi connectivity index (χ1n) is 6.44. The highest BCUT2D eigenvalue weighted by molar-refractivity contribution is 5.99. The third-order valence-electron chi connectivity index (χ3n) is 3.63. The monoisotopic (exact) mass is 265 g/mol. The van der Waals surface area contributed by atoms with E-state index in [2.05, 4.69) is 13.8 Å². The number of amides is 1. The molecule has 0 unspecified atom stereocenters. The number of rotatable bonds is 2. The number of piperidine rings is 1. The molecule has 0 bridgehead atoms. The predicted molar refractivity (Wildman–Crippen MR) is 74.6 cm³/mol. The Morgan fingerprint density at radius 1 is 1.42 bits per heavy atom. The Morgan fingerprint density at radius 3 is 2.68 bits per heavy atom. The van der Waals surface area contributed by atoms with Crippen LogP contribution in [-0.4, -0.2) is 19.0 Å². The Morgan fingerprint density at radius 2 is 2.11 bits per heavy atom. The lowest BCUT2D eigenvalue weighted by atomic mass is 9.84. The largest absolute Gasteiger partial charge is 0.398 e. The molecule has 4 nitrogen and oxygen atoms in total. The average molecular weight is 265 g/mol. The van der Waals surface area contributed by atoms with Crippen molar-refractivity contribution in [1.29, 1.82) is 0 Å². The minimum absolute atomic E-state index is 0.0880. The molecule has 5 heteroatoms. The maximum absolute atomic E-state index is 14.1. The van der Waals surface area contributed by atoms with Gasteiger partial charge >= 0.3 is 0 Å². The van der Waals surface area contributed by atoms with Crippen LogP contribution in [0.25, 0.3) is 0 Å². The molecule has 104 valence electrons. The van der Waals surface area contributed by atoms with Crippen LogP contribution >= 0.6 is 0 Å². The van der Waals surface area contributed by atoms with Crippen molar-refractivity contribution >= 4 is 17.3 Å². The molecular formula is C14H20FN3O. The van der Waals surface area contributed by atoms with Gasteiger partial charge in [0, 0.05) is 18.8 Å². The second-order valence-corrected chi connectivity index (χ2v) is 5.94. The summed E-state index contributed by atoms with van der Waals surface area (Å²) in [5.41, 5.74) is 11.7. The van der Waals surface area contributed by atoms with E-state index < -0.39 is 11.7 Å². The summed E-state index contributed by atoms with van der Waals surface area (Å²) in [4.78, 5) is 13.3. The standard InChI is InChI=1S/C14H20FN3O/c1-14(2)4-3-5-18(8-14)12-6-9(13(17)19)11(16)7-10(12)15/h6-7H,3-5,8,16H2,1-2H3,(H2,17,19). The fourth-order valence-corrected chi connectivity index (χ4v) is 2.66. The van der Waals surface area contributed by atoms with Crippen LogP contribution in [0.15, 0.2) is 12.1 Å². The topological polar surface area (TPSA) is 72.3 Å². The molecule has 0 atom stereocenters. The summed E-state index contributed by atoms with van der Waals surface area (Å²) < 4.78 is 14.1. The van der Waals surface area contributed by atoms with Crippen LogP contribution in [0.2, 0.25) is 0 Å². The summed E-state index contributed by atoms with van der Waals surface area (Å²) in [5.74, 6) is -1.03. The van der Waals surface area contributed by atoms with E-state index in [4.69, 9.17) is 11.5 Å². The minimum Gasteiger partial charge on any atom is -0.398 e. The molecule has 0 saturated carbocycles. The molecule has 1 saturated heterocycles. The molecule has 0 aromatic heterocycles. The maximum atomic E-state index is 14.1. The van der Waals surface area contributed by atoms with Crippen molar-refractivity contribution in [1.82, 2.24) is 0 Å². The van der Waals surface area contributed by atoms with Crippen LogP contribution in [0.1, 0.15) is 37.0 Å². The molecule has 2 rings (SSSR count). The van der Waals surface area contributed by atoms with E-state index in [1.54, 1.807) is 0 Å². The van der Waals surface area contributed by atoms with Crippen LogP contribution in [-0.2, 0) is 0 Å². The summed E-state index contributed by atoms with van der Waals surface area (Å²) >= 11 is 0. The van der Waals surface area contributed by atoms with Crippen molar-refractivity contribution in [3.8, 4) is 0 Å². The lowest BCUT2D eigenvalue weighted by molar-refractivity contribution is 0.100. The molecule has 1 fully saturated rings. The van der Waals surface area contributed by atoms with Crippen LogP contribution in [0.3, 0.4) is 0 Å². The summed E-state index contributed by atoms with van der Waals surface area (Å²) in [7, 11) is 0. The fourth-order valence-electron chi connectivity index (χ4n) is 2.66. The van der Waals surface area contributed by atoms with Crippen molar-refractivity contribution in [3.05, 3.63) is 23.5 Å². The van der Waals surface area contributed by atoms with E-state index in [0.717, 1.165) is 25.9 Å². The molecule has 1 aromatic rings. The molecule has 1 amide bonds. The highest BCUT2D eigenvalue weighted by Gasteiger charge is 2.28. The molecule has 0 spiro atoms. The van der Waals surface area contributed by atoms with Gasteiger partial charge in [0.1, 0.15) is 5.82 Å². The first-order valence-corrected chi connectivity index (χ1v) is 6.44. The Bertz CT molecular complexity index is 514. The van der Waals surface area contributed by atoms with Crippen molar-refractivity contribution in [2.24, 2.45) is 11.1 Å². The smallest absolute Gasteiger partial charge is 0.250 e. The van der Waals surface area contributed by atoms with Gasteiger partial charge in [0.25, 0.3) is 5.91 Å². The maximum Gasteiger partial charge on any atom is 0.250 e. The number of carbonyl (C=O) groups is 1. The zero-order valence-electron chi connectivity index (χ0n) is 11.4. The van der Waals surface area contributed by atoms with E-state index in [-0.39, 0.29) is 16.7 Å². The zero-order chi connectivity index (χ0) is 14.2. The normalized spacial score (nSPS) is 18.4. The number of nitrogens with zero attached hydrogens (tertiary/aromatic N) is 1. The van der Waals surface area contributed by atoms with E-state index in [1.165, 1.54) is 12.1 Å². The van der Waals surface area contributed by atoms with Crippen LogP contribution in [0, 0.1) is 11.2 Å². The summed E-state index contributed by atoms with van der Waals surface area (Å²) in [6.45, 7) is 5.85. The van der Waals surface area contributed by atoms with Crippen LogP contribution in [0.5, 0.6) is 0 Å². The van der Waals surface area contributed by atoms with Crippen LogP contribution in [0.4, 0.5) is 15.8 Å². The number of benzene rings is 1. The highest BCUT2D eigenvalue weighted by Crippen LogP contribution is 2.34. The number of carbonyl (C=O) groups excluding carboxylic acids is 1. The molecule has 1 heterocycles. The van der Waals surface area contributed by atoms with Crippen molar-refractivity contribution in [2.75, 3.05) is 23.7 Å². The molecule has 1 aromatic carbocycles. The minimum atomic E-state index is -0.630. The lowest BCUT2D eigenvalue weighted by Crippen LogP contribution is -2.40. The van der Waals surface area contributed by atoms with Crippen molar-refractivity contribution in [3.63, 3.8) is 0 Å². The van der Waals surface area contributed by atoms with Gasteiger partial charge in [-0.3, -0.25) is 4.79 Å². The zero-order valence-corrected chi connectivity index (χ0v) is 11.4. The number of halogens is 1. The van der Waals surface area contributed by atoms with Gasteiger partial charge in [-0.1, -0.05) is 13.8 Å². The van der Waals surface area contributed by atoms with Crippen molar-refractivity contribution in [2.45, 2.75) is 26.7 Å². The van der Waals surface area contributed by atoms with Gasteiger partial charge in [-0.05, 0) is 30.4 Å². The summed E-state index contributed by atoms with van der Waals surface area (Å²) in [5, 5.41) is 0. The second-order valence-electron chi connectivity index (χ2n) is 5.94. The van der Waals surface area contributed by atoms with E-state index >= 15 is 0 Å². The molecule has 1 aliphatic heterocycles. The quantitative estimate of drug-likeness (QED) is 0.805. The van der Waals surface area contributed by atoms with Gasteiger partial charge in [0.05, 0.1) is 11.3 Å². The molecule has 19 heavy (non-hydrogen) atoms. The first kappa shape index (κ1) is 13.6. The molecule has 1 aliphatic rings. The third-order valence-corrected chi connectivity index (χ3v) is 3.63. The van der Waals surface area contributed by atoms with Gasteiger partial charge in [-0.15, -0.1) is 0 Å². The number of hydrogen-bond acceptors (Lipinski definition) is 3. The Balaban J connectivity index is 2.39. The third kappa shape index (κ3) is 2.80. The second kappa shape index (κ2) is 4.72. The fraction of sp³-hybridized carbons (Fsp3) is 0.500. The Hall–Kier alpha value is -1.78. The van der Waals surface area contributed by atoms with Crippen molar-refractivity contribution < 1.29 is 9.18 Å². The Labute approximate surface area is 112 Å². The summed E-state index contributed by atoms with van der Waals surface area (Å²) in [6.07, 6.45) is 2.12. The van der Waals surface area contributed by atoms with Gasteiger partial charge in [0.2, 0.25) is 0 Å². The first-order chi connectivity index (χ1) is 8.80. The molecular weight excluding hydrogens is 245 g/mol. The van der Waals surface area contributed by atoms with Gasteiger partial charge in [-0.25, -0.2) is 4.39 Å². The number of primary amides is 1. The predicted octanol–water partition coefficient (Wildman–Crippen LogP) is 2.13. The van der Waals surface area contributed by atoms with E-state index in [9.17, 15) is 9.18 Å². The highest BCUT2D eigenvalue weighted by atomic mass is 19.1. The SMILES string of the molecule is CC1(C)CCCN(c2cc(C(N)=O)c(N)cc2F)C1. The van der Waals surface area contributed by atoms with Gasteiger partial charge < -0.3 is 16.4 Å². The Kier molecular flexibility index (Phi) is 3.39. The molecule has 0 radical (unpaired) electrons. The average Bonchev–Trinajstić information content (AvgIpc) is 2.26. The number of hydrogen-bond donors (Lipinski definition) is 2. The number of nitrogen functional groups attached to an aromatic ring is 1. The number of nitrogens with two attached hydrogens (primary N) is 2. The van der Waals surface area contributed by atoms with Gasteiger partial charge in [0.15, 0.2) is 0 Å². The van der Waals surface area contributed by atoms with Gasteiger partial charge in [-0.2, -0.15) is 0 Å². The van der Waals surface area contributed by atoms with E-state index in [1.807, 2.05) is 4.90 Å². The van der Waals surface area contributed by atoms with E-state index in [0.29, 0.717) is 5.69 Å². The van der Waals surface area contributed by atoms with Crippen LogP contribution < -0.4 is 16.4 Å². The summed E-state index contributed by atoms with van der Waals surface area (Å²) in [6, 6.07) is 2.64. The molecule has 4 N–H and O–H groups in total. The number of anilines is 2.